The highest BCUT2D eigenvalue weighted by atomic mass is 16.4. The maximum atomic E-state index is 10.7. The summed E-state index contributed by atoms with van der Waals surface area (Å²) in [5, 5.41) is 13.1. The number of pyridine rings is 1. The number of nitrogens with two attached hydrogens (primary N) is 1. The fraction of sp³-hybridized carbons (Fsp3) is 0.435. The van der Waals surface area contributed by atoms with E-state index in [2.05, 4.69) is 34.4 Å². The van der Waals surface area contributed by atoms with Crippen molar-refractivity contribution in [1.82, 2.24) is 19.9 Å². The highest BCUT2D eigenvalue weighted by Gasteiger charge is 2.16. The summed E-state index contributed by atoms with van der Waals surface area (Å²) < 4.78 is 2.31. The fourth-order valence-electron chi connectivity index (χ4n) is 3.68. The first-order valence-electron chi connectivity index (χ1n) is 10.7. The van der Waals surface area contributed by atoms with Crippen LogP contribution in [0.3, 0.4) is 0 Å². The van der Waals surface area contributed by atoms with Gasteiger partial charge in [-0.1, -0.05) is 38.1 Å². The van der Waals surface area contributed by atoms with Gasteiger partial charge in [0.2, 0.25) is 0 Å². The number of unbranched alkanes of at least 4 members (excludes halogenated alkanes) is 2. The molecule has 7 heteroatoms. The van der Waals surface area contributed by atoms with E-state index in [4.69, 9.17) is 15.8 Å². The largest absolute Gasteiger partial charge is 0.481 e. The number of hydrogen-bond donors (Lipinski definition) is 3. The van der Waals surface area contributed by atoms with Gasteiger partial charge in [0.15, 0.2) is 5.82 Å². The van der Waals surface area contributed by atoms with Crippen molar-refractivity contribution < 1.29 is 9.90 Å². The van der Waals surface area contributed by atoms with Gasteiger partial charge in [-0.25, -0.2) is 9.97 Å². The van der Waals surface area contributed by atoms with Crippen molar-refractivity contribution in [3.05, 3.63) is 42.4 Å². The van der Waals surface area contributed by atoms with Gasteiger partial charge in [0, 0.05) is 30.6 Å². The van der Waals surface area contributed by atoms with Crippen molar-refractivity contribution in [1.29, 1.82) is 0 Å². The Bertz CT molecular complexity index is 1040. The predicted molar refractivity (Wildman–Crippen MR) is 121 cm³/mol. The number of hydrogen-bond acceptors (Lipinski definition) is 5. The molecule has 0 fully saturated rings. The average Bonchev–Trinajstić information content (AvgIpc) is 3.10. The number of benzene rings is 1. The monoisotopic (exact) mass is 409 g/mol. The molecule has 0 saturated heterocycles. The molecule has 160 valence electrons. The average molecular weight is 410 g/mol. The number of anilines is 1. The number of imidazole rings is 1. The third-order valence-corrected chi connectivity index (χ3v) is 5.27. The van der Waals surface area contributed by atoms with E-state index in [1.54, 1.807) is 0 Å². The van der Waals surface area contributed by atoms with Crippen molar-refractivity contribution in [2.75, 3.05) is 12.3 Å². The molecule has 0 radical (unpaired) electrons. The number of carbonyl (C=O) groups is 1. The molecule has 30 heavy (non-hydrogen) atoms. The van der Waals surface area contributed by atoms with Crippen LogP contribution in [0.1, 0.15) is 51.3 Å². The third-order valence-electron chi connectivity index (χ3n) is 5.27. The van der Waals surface area contributed by atoms with Crippen LogP contribution in [0, 0.1) is 0 Å². The predicted octanol–water partition coefficient (Wildman–Crippen LogP) is 4.26. The van der Waals surface area contributed by atoms with Crippen molar-refractivity contribution in [3.8, 4) is 0 Å². The van der Waals surface area contributed by atoms with Gasteiger partial charge in [0.1, 0.15) is 11.3 Å². The molecule has 2 heterocycles. The van der Waals surface area contributed by atoms with Crippen molar-refractivity contribution in [2.45, 2.75) is 58.4 Å². The number of allylic oxidation sites excluding steroid dienone is 1. The lowest BCUT2D eigenvalue weighted by Gasteiger charge is -2.12. The summed E-state index contributed by atoms with van der Waals surface area (Å²) in [6.45, 7) is 7.71. The number of carboxylic acid groups (broad SMARTS) is 1. The van der Waals surface area contributed by atoms with Crippen LogP contribution in [-0.4, -0.2) is 32.2 Å². The molecule has 3 aromatic rings. The van der Waals surface area contributed by atoms with E-state index >= 15 is 0 Å². The summed E-state index contributed by atoms with van der Waals surface area (Å²) in [4.78, 5) is 20.0. The number of nitrogens with one attached hydrogen (secondary N) is 1. The molecular weight excluding hydrogens is 378 g/mol. The normalized spacial score (nSPS) is 11.2. The Morgan fingerprint density at radius 1 is 1.20 bits per heavy atom. The quantitative estimate of drug-likeness (QED) is 0.386. The Morgan fingerprint density at radius 3 is 2.77 bits per heavy atom. The van der Waals surface area contributed by atoms with Gasteiger partial charge in [-0.15, -0.1) is 0 Å². The van der Waals surface area contributed by atoms with Crippen molar-refractivity contribution >= 4 is 33.7 Å². The Morgan fingerprint density at radius 2 is 2.00 bits per heavy atom. The standard InChI is InChI=1S/C23H31N5O2/c1-3-4-11-19-27-21-22(17-9-5-6-10-18(17)26-23(21)24)28(19)15-8-7-14-25-16(2)12-13-20(29)30/h5-6,9-10,25H,2-4,7-8,11-15H2,1H3,(H2,24,26)(H,29,30). The SMILES string of the molecule is C=C(CCC(=O)O)NCCCCn1c(CCCC)nc2c(N)nc3ccccc3c21. The molecule has 0 spiro atoms. The minimum Gasteiger partial charge on any atom is -0.481 e. The van der Waals surface area contributed by atoms with Crippen LogP contribution in [-0.2, 0) is 17.8 Å². The molecule has 2 aromatic heterocycles. The first-order chi connectivity index (χ1) is 14.5. The molecule has 0 aliphatic heterocycles. The molecule has 0 aliphatic rings. The number of rotatable bonds is 12. The molecule has 0 aliphatic carbocycles. The number of para-hydroxylation sites is 1. The smallest absolute Gasteiger partial charge is 0.303 e. The lowest BCUT2D eigenvalue weighted by atomic mass is 10.1. The summed E-state index contributed by atoms with van der Waals surface area (Å²) in [5.41, 5.74) is 9.78. The van der Waals surface area contributed by atoms with E-state index in [1.807, 2.05) is 18.2 Å². The fourth-order valence-corrected chi connectivity index (χ4v) is 3.68. The molecule has 7 nitrogen and oxygen atoms in total. The zero-order valence-electron chi connectivity index (χ0n) is 17.7. The number of aryl methyl sites for hydroxylation is 2. The topological polar surface area (TPSA) is 106 Å². The van der Waals surface area contributed by atoms with Gasteiger partial charge >= 0.3 is 5.97 Å². The molecule has 3 rings (SSSR count). The minimum absolute atomic E-state index is 0.107. The van der Waals surface area contributed by atoms with Crippen molar-refractivity contribution in [3.63, 3.8) is 0 Å². The summed E-state index contributed by atoms with van der Waals surface area (Å²) in [5.74, 6) is 0.748. The van der Waals surface area contributed by atoms with Crippen LogP contribution >= 0.6 is 0 Å². The number of fused-ring (bicyclic) bond motifs is 3. The number of nitrogen functional groups attached to an aromatic ring is 1. The van der Waals surface area contributed by atoms with Crippen LogP contribution in [0.25, 0.3) is 21.9 Å². The Labute approximate surface area is 177 Å². The molecular formula is C23H31N5O2. The summed E-state index contributed by atoms with van der Waals surface area (Å²) in [6.07, 6.45) is 5.61. The number of nitrogens with zero attached hydrogens (tertiary/aromatic N) is 3. The van der Waals surface area contributed by atoms with Gasteiger partial charge in [0.05, 0.1) is 17.5 Å². The molecule has 0 saturated carbocycles. The Kier molecular flexibility index (Phi) is 7.27. The van der Waals surface area contributed by atoms with E-state index in [1.165, 1.54) is 0 Å². The molecule has 0 unspecified atom stereocenters. The van der Waals surface area contributed by atoms with E-state index in [0.717, 1.165) is 78.7 Å². The van der Waals surface area contributed by atoms with Gasteiger partial charge in [-0.3, -0.25) is 4.79 Å². The zero-order valence-corrected chi connectivity index (χ0v) is 17.7. The van der Waals surface area contributed by atoms with E-state index in [9.17, 15) is 4.79 Å². The van der Waals surface area contributed by atoms with E-state index < -0.39 is 5.97 Å². The van der Waals surface area contributed by atoms with Crippen LogP contribution < -0.4 is 11.1 Å². The molecule has 0 amide bonds. The molecule has 0 atom stereocenters. The maximum absolute atomic E-state index is 10.7. The molecule has 0 bridgehead atoms. The van der Waals surface area contributed by atoms with Gasteiger partial charge in [0.25, 0.3) is 0 Å². The van der Waals surface area contributed by atoms with Gasteiger partial charge in [-0.2, -0.15) is 0 Å². The Hall–Kier alpha value is -3.09. The first kappa shape index (κ1) is 21.6. The highest BCUT2D eigenvalue weighted by molar-refractivity contribution is 6.06. The van der Waals surface area contributed by atoms with Crippen LogP contribution in [0.4, 0.5) is 5.82 Å². The summed E-state index contributed by atoms with van der Waals surface area (Å²) >= 11 is 0. The molecule has 1 aromatic carbocycles. The lowest BCUT2D eigenvalue weighted by Crippen LogP contribution is -2.15. The number of carboxylic acids is 1. The second kappa shape index (κ2) is 10.1. The summed E-state index contributed by atoms with van der Waals surface area (Å²) in [6, 6.07) is 8.07. The van der Waals surface area contributed by atoms with E-state index in [-0.39, 0.29) is 6.42 Å². The van der Waals surface area contributed by atoms with Gasteiger partial charge < -0.3 is 20.7 Å². The second-order valence-electron chi connectivity index (χ2n) is 7.63. The number of aromatic nitrogens is 3. The number of aliphatic carboxylic acids is 1. The molecule has 4 N–H and O–H groups in total. The van der Waals surface area contributed by atoms with E-state index in [0.29, 0.717) is 12.2 Å². The van der Waals surface area contributed by atoms with Gasteiger partial charge in [-0.05, 0) is 31.7 Å². The maximum Gasteiger partial charge on any atom is 0.303 e. The Balaban J connectivity index is 1.75. The lowest BCUT2D eigenvalue weighted by molar-refractivity contribution is -0.136. The van der Waals surface area contributed by atoms with Crippen LogP contribution in [0.2, 0.25) is 0 Å². The second-order valence-corrected chi connectivity index (χ2v) is 7.63. The minimum atomic E-state index is -0.800. The van der Waals surface area contributed by atoms with Crippen LogP contribution in [0.5, 0.6) is 0 Å². The third kappa shape index (κ3) is 5.09. The summed E-state index contributed by atoms with van der Waals surface area (Å²) in [7, 11) is 0. The first-order valence-corrected chi connectivity index (χ1v) is 10.7. The van der Waals surface area contributed by atoms with Crippen molar-refractivity contribution in [2.24, 2.45) is 0 Å². The van der Waals surface area contributed by atoms with Crippen LogP contribution in [0.15, 0.2) is 36.5 Å². The highest BCUT2D eigenvalue weighted by Crippen LogP contribution is 2.29. The zero-order chi connectivity index (χ0) is 21.5.